The quantitative estimate of drug-likeness (QED) is 0.876. The van der Waals surface area contributed by atoms with E-state index in [1.807, 2.05) is 6.92 Å². The molecule has 0 bridgehead atoms. The van der Waals surface area contributed by atoms with Crippen LogP contribution in [0.5, 0.6) is 0 Å². The Hall–Kier alpha value is -1.96. The number of carbonyl (C=O) groups excluding carboxylic acids is 1. The van der Waals surface area contributed by atoms with Crippen LogP contribution in [0.1, 0.15) is 17.3 Å². The van der Waals surface area contributed by atoms with E-state index < -0.39 is 5.91 Å². The highest BCUT2D eigenvalue weighted by Gasteiger charge is 2.10. The van der Waals surface area contributed by atoms with Gasteiger partial charge in [-0.05, 0) is 22.9 Å². The molecule has 0 aliphatic heterocycles. The third-order valence-electron chi connectivity index (χ3n) is 2.14. The number of hydrogen-bond donors (Lipinski definition) is 2. The van der Waals surface area contributed by atoms with Gasteiger partial charge in [0.25, 0.3) is 5.91 Å². The van der Waals surface area contributed by atoms with Crippen LogP contribution in [0.3, 0.4) is 0 Å². The third kappa shape index (κ3) is 2.48. The van der Waals surface area contributed by atoms with Crippen LogP contribution < -0.4 is 11.1 Å². The zero-order valence-electron chi connectivity index (χ0n) is 9.59. The molecule has 0 saturated heterocycles. The lowest BCUT2D eigenvalue weighted by atomic mass is 10.3. The Bertz CT molecular complexity index is 581. The number of aromatic nitrogens is 4. The second kappa shape index (κ2) is 5.13. The second-order valence-electron chi connectivity index (χ2n) is 3.43. The topological polar surface area (TPSA) is 98.7 Å². The maximum absolute atomic E-state index is 11.0. The van der Waals surface area contributed by atoms with E-state index in [4.69, 9.17) is 5.73 Å². The Labute approximate surface area is 112 Å². The summed E-state index contributed by atoms with van der Waals surface area (Å²) >= 11 is 3.33. The highest BCUT2D eigenvalue weighted by atomic mass is 79.9. The summed E-state index contributed by atoms with van der Waals surface area (Å²) < 4.78 is 2.13. The molecule has 0 aliphatic carbocycles. The van der Waals surface area contributed by atoms with Crippen molar-refractivity contribution in [1.29, 1.82) is 0 Å². The molecular weight excluding hydrogens is 300 g/mol. The number of hydrogen-bond acceptors (Lipinski definition) is 5. The Morgan fingerprint density at radius 2 is 2.33 bits per heavy atom. The molecule has 0 unspecified atom stereocenters. The SMILES string of the molecule is CCNc1ncc(Br)c(-n2cc(C(N)=O)cn2)n1. The van der Waals surface area contributed by atoms with Gasteiger partial charge >= 0.3 is 0 Å². The van der Waals surface area contributed by atoms with E-state index >= 15 is 0 Å². The molecule has 2 rings (SSSR count). The van der Waals surface area contributed by atoms with Crippen molar-refractivity contribution in [1.82, 2.24) is 19.7 Å². The van der Waals surface area contributed by atoms with Crippen LogP contribution in [-0.2, 0) is 0 Å². The minimum Gasteiger partial charge on any atom is -0.366 e. The second-order valence-corrected chi connectivity index (χ2v) is 4.29. The zero-order valence-corrected chi connectivity index (χ0v) is 11.2. The Morgan fingerprint density at radius 3 is 2.94 bits per heavy atom. The predicted octanol–water partition coefficient (Wildman–Crippen LogP) is 0.956. The van der Waals surface area contributed by atoms with Gasteiger partial charge in [-0.3, -0.25) is 4.79 Å². The maximum Gasteiger partial charge on any atom is 0.251 e. The fourth-order valence-corrected chi connectivity index (χ4v) is 1.70. The van der Waals surface area contributed by atoms with Gasteiger partial charge in [-0.1, -0.05) is 0 Å². The summed E-state index contributed by atoms with van der Waals surface area (Å²) in [5.74, 6) is 0.499. The summed E-state index contributed by atoms with van der Waals surface area (Å²) in [4.78, 5) is 19.4. The van der Waals surface area contributed by atoms with Gasteiger partial charge in [0.15, 0.2) is 5.82 Å². The number of nitrogens with one attached hydrogen (secondary N) is 1. The lowest BCUT2D eigenvalue weighted by Crippen LogP contribution is -2.10. The standard InChI is InChI=1S/C10H11BrN6O/c1-2-13-10-14-4-7(11)9(16-10)17-5-6(3-15-17)8(12)18/h3-5H,2H2,1H3,(H2,12,18)(H,13,14,16). The highest BCUT2D eigenvalue weighted by molar-refractivity contribution is 9.10. The lowest BCUT2D eigenvalue weighted by molar-refractivity contribution is 0.100. The summed E-state index contributed by atoms with van der Waals surface area (Å²) in [5.41, 5.74) is 5.50. The highest BCUT2D eigenvalue weighted by Crippen LogP contribution is 2.19. The Kier molecular flexibility index (Phi) is 3.56. The van der Waals surface area contributed by atoms with Gasteiger partial charge in [-0.2, -0.15) is 10.1 Å². The molecule has 0 radical (unpaired) electrons. The van der Waals surface area contributed by atoms with Crippen molar-refractivity contribution >= 4 is 27.8 Å². The Morgan fingerprint density at radius 1 is 1.56 bits per heavy atom. The molecule has 2 heterocycles. The average molecular weight is 311 g/mol. The summed E-state index contributed by atoms with van der Waals surface area (Å²) in [5, 5.41) is 7.04. The summed E-state index contributed by atoms with van der Waals surface area (Å²) in [6.45, 7) is 2.66. The van der Waals surface area contributed by atoms with Crippen molar-refractivity contribution in [2.45, 2.75) is 6.92 Å². The molecule has 94 valence electrons. The molecule has 0 spiro atoms. The number of amides is 1. The molecule has 0 aliphatic rings. The summed E-state index contributed by atoms with van der Waals surface area (Å²) in [6, 6.07) is 0. The van der Waals surface area contributed by atoms with Crippen LogP contribution >= 0.6 is 15.9 Å². The Balaban J connectivity index is 2.41. The molecule has 0 atom stereocenters. The molecule has 7 nitrogen and oxygen atoms in total. The summed E-state index contributed by atoms with van der Waals surface area (Å²) in [7, 11) is 0. The van der Waals surface area contributed by atoms with Gasteiger partial charge in [-0.25, -0.2) is 9.67 Å². The van der Waals surface area contributed by atoms with Crippen LogP contribution in [0, 0.1) is 0 Å². The van der Waals surface area contributed by atoms with E-state index in [1.54, 1.807) is 6.20 Å². The van der Waals surface area contributed by atoms with Gasteiger partial charge in [-0.15, -0.1) is 0 Å². The molecule has 2 aromatic heterocycles. The molecule has 2 aromatic rings. The molecule has 1 amide bonds. The molecule has 0 saturated carbocycles. The van der Waals surface area contributed by atoms with E-state index in [0.29, 0.717) is 28.3 Å². The molecule has 8 heteroatoms. The summed E-state index contributed by atoms with van der Waals surface area (Å²) in [6.07, 6.45) is 4.53. The van der Waals surface area contributed by atoms with Crippen LogP contribution in [0.25, 0.3) is 5.82 Å². The van der Waals surface area contributed by atoms with Crippen molar-refractivity contribution in [3.05, 3.63) is 28.6 Å². The zero-order chi connectivity index (χ0) is 13.1. The lowest BCUT2D eigenvalue weighted by Gasteiger charge is -2.06. The van der Waals surface area contributed by atoms with Gasteiger partial charge in [0.1, 0.15) is 0 Å². The monoisotopic (exact) mass is 310 g/mol. The molecule has 18 heavy (non-hydrogen) atoms. The first-order valence-electron chi connectivity index (χ1n) is 5.23. The van der Waals surface area contributed by atoms with E-state index in [9.17, 15) is 4.79 Å². The molecule has 0 aromatic carbocycles. The number of primary amides is 1. The molecule has 0 fully saturated rings. The fraction of sp³-hybridized carbons (Fsp3) is 0.200. The van der Waals surface area contributed by atoms with Gasteiger partial charge in [0, 0.05) is 18.9 Å². The van der Waals surface area contributed by atoms with Crippen LogP contribution in [-0.4, -0.2) is 32.2 Å². The number of rotatable bonds is 4. The van der Waals surface area contributed by atoms with Crippen LogP contribution in [0.15, 0.2) is 23.1 Å². The maximum atomic E-state index is 11.0. The van der Waals surface area contributed by atoms with Crippen molar-refractivity contribution < 1.29 is 4.79 Å². The van der Waals surface area contributed by atoms with Crippen molar-refractivity contribution in [3.8, 4) is 5.82 Å². The first-order chi connectivity index (χ1) is 8.61. The predicted molar refractivity (Wildman–Crippen MR) is 69.5 cm³/mol. The fourth-order valence-electron chi connectivity index (χ4n) is 1.33. The molecule has 3 N–H and O–H groups in total. The van der Waals surface area contributed by atoms with Gasteiger partial charge in [0.05, 0.1) is 16.2 Å². The molecular formula is C10H11BrN6O. The first-order valence-corrected chi connectivity index (χ1v) is 6.02. The first kappa shape index (κ1) is 12.5. The van der Waals surface area contributed by atoms with Crippen molar-refractivity contribution in [3.63, 3.8) is 0 Å². The smallest absolute Gasteiger partial charge is 0.251 e. The van der Waals surface area contributed by atoms with Crippen molar-refractivity contribution in [2.24, 2.45) is 5.73 Å². The number of nitrogens with zero attached hydrogens (tertiary/aromatic N) is 4. The van der Waals surface area contributed by atoms with Gasteiger partial charge in [0.2, 0.25) is 5.95 Å². The van der Waals surface area contributed by atoms with Gasteiger partial charge < -0.3 is 11.1 Å². The number of halogens is 1. The number of carbonyl (C=O) groups is 1. The van der Waals surface area contributed by atoms with E-state index in [1.165, 1.54) is 17.1 Å². The minimum absolute atomic E-state index is 0.325. The number of nitrogens with two attached hydrogens (primary N) is 1. The third-order valence-corrected chi connectivity index (χ3v) is 2.70. The van der Waals surface area contributed by atoms with E-state index in [0.717, 1.165) is 0 Å². The largest absolute Gasteiger partial charge is 0.366 e. The van der Waals surface area contributed by atoms with Crippen molar-refractivity contribution in [2.75, 3.05) is 11.9 Å². The normalized spacial score (nSPS) is 10.3. The van der Waals surface area contributed by atoms with Crippen LogP contribution in [0.2, 0.25) is 0 Å². The average Bonchev–Trinajstić information content (AvgIpc) is 2.81. The number of anilines is 1. The van der Waals surface area contributed by atoms with E-state index in [2.05, 4.69) is 36.3 Å². The van der Waals surface area contributed by atoms with E-state index in [-0.39, 0.29) is 0 Å². The van der Waals surface area contributed by atoms with Crippen LogP contribution in [0.4, 0.5) is 5.95 Å². The minimum atomic E-state index is -0.529.